The standard InChI is InChI=1S/C7H6INO3.C6H8O4/c1-12-5-2-3-6(8)7(4-5)9(10)11;1-6(2)9-4(7)3-5(8)10-6/h2-4H,1H3;3H2,1-2H3. The number of carbonyl (C=O) groups is 2. The van der Waals surface area contributed by atoms with Crippen LogP contribution in [0.3, 0.4) is 0 Å². The molecule has 9 heteroatoms. The Morgan fingerprint density at radius 1 is 1.27 bits per heavy atom. The maximum atomic E-state index is 10.6. The van der Waals surface area contributed by atoms with Gasteiger partial charge < -0.3 is 14.2 Å². The van der Waals surface area contributed by atoms with Gasteiger partial charge in [0.15, 0.2) is 0 Å². The van der Waals surface area contributed by atoms with Crippen LogP contribution in [0.25, 0.3) is 0 Å². The van der Waals surface area contributed by atoms with Crippen LogP contribution in [0.2, 0.25) is 0 Å². The van der Waals surface area contributed by atoms with Gasteiger partial charge in [0.1, 0.15) is 12.2 Å². The summed E-state index contributed by atoms with van der Waals surface area (Å²) in [6, 6.07) is 4.74. The molecule has 0 atom stereocenters. The number of esters is 2. The highest BCUT2D eigenvalue weighted by atomic mass is 127. The summed E-state index contributed by atoms with van der Waals surface area (Å²) in [7, 11) is 1.48. The highest BCUT2D eigenvalue weighted by Gasteiger charge is 2.34. The molecule has 1 aromatic carbocycles. The van der Waals surface area contributed by atoms with Gasteiger partial charge in [-0.25, -0.2) is 0 Å². The van der Waals surface area contributed by atoms with Crippen LogP contribution in [0, 0.1) is 13.7 Å². The lowest BCUT2D eigenvalue weighted by Crippen LogP contribution is -2.39. The fourth-order valence-electron chi connectivity index (χ4n) is 1.52. The van der Waals surface area contributed by atoms with Crippen molar-refractivity contribution in [1.82, 2.24) is 0 Å². The maximum Gasteiger partial charge on any atom is 0.320 e. The summed E-state index contributed by atoms with van der Waals surface area (Å²) in [6.07, 6.45) is -0.274. The third-order valence-electron chi connectivity index (χ3n) is 2.36. The number of hydrogen-bond acceptors (Lipinski definition) is 7. The van der Waals surface area contributed by atoms with Crippen molar-refractivity contribution >= 4 is 40.2 Å². The van der Waals surface area contributed by atoms with Gasteiger partial charge in [-0.2, -0.15) is 0 Å². The van der Waals surface area contributed by atoms with E-state index < -0.39 is 22.6 Å². The van der Waals surface area contributed by atoms with E-state index >= 15 is 0 Å². The molecule has 0 unspecified atom stereocenters. The fourth-order valence-corrected chi connectivity index (χ4v) is 2.05. The van der Waals surface area contributed by atoms with E-state index in [2.05, 4.69) is 9.47 Å². The Balaban J connectivity index is 0.000000224. The van der Waals surface area contributed by atoms with Crippen molar-refractivity contribution in [3.05, 3.63) is 31.9 Å². The van der Waals surface area contributed by atoms with Crippen LogP contribution < -0.4 is 4.74 Å². The zero-order chi connectivity index (χ0) is 16.9. The smallest absolute Gasteiger partial charge is 0.320 e. The molecule has 1 aliphatic rings. The quantitative estimate of drug-likeness (QED) is 0.237. The van der Waals surface area contributed by atoms with E-state index in [4.69, 9.17) is 4.74 Å². The van der Waals surface area contributed by atoms with Crippen LogP contribution in [-0.2, 0) is 19.1 Å². The number of benzene rings is 1. The molecule has 1 heterocycles. The summed E-state index contributed by atoms with van der Waals surface area (Å²) in [4.78, 5) is 31.1. The van der Waals surface area contributed by atoms with Gasteiger partial charge in [-0.1, -0.05) is 0 Å². The van der Waals surface area contributed by atoms with E-state index in [1.807, 2.05) is 22.6 Å². The predicted molar refractivity (Wildman–Crippen MR) is 83.2 cm³/mol. The lowest BCUT2D eigenvalue weighted by atomic mass is 10.3. The monoisotopic (exact) mass is 423 g/mol. The average molecular weight is 423 g/mol. The van der Waals surface area contributed by atoms with Crippen LogP contribution in [-0.4, -0.2) is 29.8 Å². The molecule has 1 fully saturated rings. The first-order valence-electron chi connectivity index (χ1n) is 6.06. The van der Waals surface area contributed by atoms with E-state index in [9.17, 15) is 19.7 Å². The van der Waals surface area contributed by atoms with Crippen molar-refractivity contribution in [3.63, 3.8) is 0 Å². The second-order valence-electron chi connectivity index (χ2n) is 4.60. The highest BCUT2D eigenvalue weighted by molar-refractivity contribution is 14.1. The molecule has 2 rings (SSSR count). The van der Waals surface area contributed by atoms with Gasteiger partial charge in [0.05, 0.1) is 21.7 Å². The number of rotatable bonds is 2. The summed E-state index contributed by atoms with van der Waals surface area (Å²) in [5.41, 5.74) is 0.0787. The molecule has 1 saturated heterocycles. The van der Waals surface area contributed by atoms with Gasteiger partial charge in [-0.05, 0) is 34.7 Å². The van der Waals surface area contributed by atoms with Crippen LogP contribution >= 0.6 is 22.6 Å². The van der Waals surface area contributed by atoms with E-state index in [0.717, 1.165) is 0 Å². The third kappa shape index (κ3) is 5.47. The number of nitro benzene ring substituents is 1. The predicted octanol–water partition coefficient (Wildman–Crippen LogP) is 2.42. The Bertz CT molecular complexity index is 582. The molecule has 0 bridgehead atoms. The number of methoxy groups -OCH3 is 1. The lowest BCUT2D eigenvalue weighted by molar-refractivity contribution is -0.385. The van der Waals surface area contributed by atoms with Gasteiger partial charge in [0.2, 0.25) is 0 Å². The Kier molecular flexibility index (Phi) is 6.09. The topological polar surface area (TPSA) is 105 Å². The Morgan fingerprint density at radius 2 is 1.82 bits per heavy atom. The Morgan fingerprint density at radius 3 is 2.23 bits per heavy atom. The number of ether oxygens (including phenoxy) is 3. The first-order chi connectivity index (χ1) is 10.1. The number of nitrogens with zero attached hydrogens (tertiary/aromatic N) is 1. The van der Waals surface area contributed by atoms with Gasteiger partial charge in [0, 0.05) is 13.8 Å². The average Bonchev–Trinajstić information content (AvgIpc) is 2.36. The minimum atomic E-state index is -1.08. The molecule has 0 radical (unpaired) electrons. The normalized spacial score (nSPS) is 15.8. The molecular formula is C13H14INO7. The molecule has 0 saturated carbocycles. The van der Waals surface area contributed by atoms with Crippen molar-refractivity contribution in [2.75, 3.05) is 7.11 Å². The zero-order valence-electron chi connectivity index (χ0n) is 12.1. The largest absolute Gasteiger partial charge is 0.497 e. The molecule has 120 valence electrons. The zero-order valence-corrected chi connectivity index (χ0v) is 14.3. The minimum Gasteiger partial charge on any atom is -0.497 e. The van der Waals surface area contributed by atoms with Gasteiger partial charge in [-0.15, -0.1) is 0 Å². The first kappa shape index (κ1) is 18.1. The molecule has 8 nitrogen and oxygen atoms in total. The lowest BCUT2D eigenvalue weighted by Gasteiger charge is -2.28. The van der Waals surface area contributed by atoms with E-state index in [1.54, 1.807) is 12.1 Å². The Labute approximate surface area is 140 Å². The first-order valence-corrected chi connectivity index (χ1v) is 7.14. The molecule has 0 spiro atoms. The van der Waals surface area contributed by atoms with Crippen LogP contribution in [0.5, 0.6) is 5.75 Å². The van der Waals surface area contributed by atoms with Crippen molar-refractivity contribution in [3.8, 4) is 5.75 Å². The maximum absolute atomic E-state index is 10.6. The van der Waals surface area contributed by atoms with Gasteiger partial charge in [0.25, 0.3) is 11.5 Å². The summed E-state index contributed by atoms with van der Waals surface area (Å²) in [6.45, 7) is 3.03. The van der Waals surface area contributed by atoms with Gasteiger partial charge in [-0.3, -0.25) is 19.7 Å². The van der Waals surface area contributed by atoms with E-state index in [-0.39, 0.29) is 12.1 Å². The van der Waals surface area contributed by atoms with Crippen molar-refractivity contribution in [2.45, 2.75) is 26.1 Å². The second kappa shape index (κ2) is 7.38. The minimum absolute atomic E-state index is 0.0787. The molecule has 0 amide bonds. The summed E-state index contributed by atoms with van der Waals surface area (Å²) in [5.74, 6) is -1.63. The number of hydrogen-bond donors (Lipinski definition) is 0. The fraction of sp³-hybridized carbons (Fsp3) is 0.385. The number of halogens is 1. The number of carbonyl (C=O) groups excluding carboxylic acids is 2. The van der Waals surface area contributed by atoms with Crippen LogP contribution in [0.15, 0.2) is 18.2 Å². The molecular weight excluding hydrogens is 409 g/mol. The molecule has 0 aliphatic carbocycles. The molecule has 1 aliphatic heterocycles. The van der Waals surface area contributed by atoms with Crippen LogP contribution in [0.4, 0.5) is 5.69 Å². The van der Waals surface area contributed by atoms with E-state index in [1.165, 1.54) is 27.0 Å². The summed E-state index contributed by atoms with van der Waals surface area (Å²) in [5, 5.41) is 10.4. The summed E-state index contributed by atoms with van der Waals surface area (Å²) >= 11 is 1.91. The Hall–Kier alpha value is -1.91. The third-order valence-corrected chi connectivity index (χ3v) is 3.27. The van der Waals surface area contributed by atoms with Crippen molar-refractivity contribution in [2.24, 2.45) is 0 Å². The molecule has 0 N–H and O–H groups in total. The van der Waals surface area contributed by atoms with E-state index in [0.29, 0.717) is 9.32 Å². The highest BCUT2D eigenvalue weighted by Crippen LogP contribution is 2.25. The number of cyclic esters (lactones) is 2. The van der Waals surface area contributed by atoms with Gasteiger partial charge >= 0.3 is 11.9 Å². The summed E-state index contributed by atoms with van der Waals surface area (Å²) < 4.78 is 14.8. The SMILES string of the molecule is CC1(C)OC(=O)CC(=O)O1.COc1ccc(I)c([N+](=O)[O-])c1. The molecule has 0 aromatic heterocycles. The van der Waals surface area contributed by atoms with Crippen molar-refractivity contribution in [1.29, 1.82) is 0 Å². The second-order valence-corrected chi connectivity index (χ2v) is 5.76. The molecule has 22 heavy (non-hydrogen) atoms. The number of nitro groups is 1. The van der Waals surface area contributed by atoms with Crippen molar-refractivity contribution < 1.29 is 28.7 Å². The van der Waals surface area contributed by atoms with Crippen LogP contribution in [0.1, 0.15) is 20.3 Å². The molecule has 1 aromatic rings.